The van der Waals surface area contributed by atoms with Crippen LogP contribution in [0.3, 0.4) is 0 Å². The zero-order chi connectivity index (χ0) is 19.4. The highest BCUT2D eigenvalue weighted by Gasteiger charge is 2.41. The van der Waals surface area contributed by atoms with Crippen molar-refractivity contribution in [3.8, 4) is 6.07 Å². The number of rotatable bonds is 10. The number of carbonyl (C=O) groups excluding carboxylic acids is 1. The van der Waals surface area contributed by atoms with Crippen molar-refractivity contribution in [2.24, 2.45) is 0 Å². The fourth-order valence-corrected chi connectivity index (χ4v) is 2.93. The molecule has 2 aromatic carbocycles. The number of nitrogens with zero attached hydrogens (tertiary/aromatic N) is 1. The average Bonchev–Trinajstić information content (AvgIpc) is 2.73. The molecule has 0 N–H and O–H groups in total. The lowest BCUT2D eigenvalue weighted by molar-refractivity contribution is -0.149. The second kappa shape index (κ2) is 11.0. The van der Waals surface area contributed by atoms with E-state index in [0.29, 0.717) is 12.0 Å². The summed E-state index contributed by atoms with van der Waals surface area (Å²) in [6, 6.07) is 21.0. The number of ether oxygens (including phenoxy) is 1. The van der Waals surface area contributed by atoms with Crippen LogP contribution in [0.4, 0.5) is 0 Å². The van der Waals surface area contributed by atoms with Gasteiger partial charge in [-0.3, -0.25) is 0 Å². The van der Waals surface area contributed by atoms with Gasteiger partial charge >= 0.3 is 5.97 Å². The van der Waals surface area contributed by atoms with Gasteiger partial charge in [0.25, 0.3) is 0 Å². The normalized spacial score (nSPS) is 13.0. The summed E-state index contributed by atoms with van der Waals surface area (Å²) >= 11 is 0. The van der Waals surface area contributed by atoms with E-state index in [2.05, 4.69) is 19.1 Å². The monoisotopic (exact) mass is 361 g/mol. The van der Waals surface area contributed by atoms with Crippen molar-refractivity contribution in [1.29, 1.82) is 5.26 Å². The van der Waals surface area contributed by atoms with Gasteiger partial charge in [-0.05, 0) is 30.4 Å². The third-order valence-electron chi connectivity index (χ3n) is 4.58. The fraction of sp³-hybridized carbons (Fsp3) is 0.333. The Morgan fingerprint density at radius 3 is 2.33 bits per heavy atom. The molecular formula is C24H27NO2. The van der Waals surface area contributed by atoms with Gasteiger partial charge in [0, 0.05) is 0 Å². The molecule has 0 aliphatic rings. The van der Waals surface area contributed by atoms with Crippen molar-refractivity contribution in [1.82, 2.24) is 0 Å². The van der Waals surface area contributed by atoms with Gasteiger partial charge in [-0.2, -0.15) is 5.26 Å². The second-order valence-electron chi connectivity index (χ2n) is 6.62. The molecule has 0 aliphatic carbocycles. The number of unbranched alkanes of at least 4 members (excludes halogenated alkanes) is 3. The quantitative estimate of drug-likeness (QED) is 0.309. The number of esters is 1. The SMILES string of the molecule is CCCCC/C=C/C[C@@](C#N)(C(=O)OCc1ccccc1)c1ccccc1. The van der Waals surface area contributed by atoms with Crippen molar-refractivity contribution in [3.05, 3.63) is 83.9 Å². The van der Waals surface area contributed by atoms with Crippen LogP contribution in [0, 0.1) is 11.3 Å². The Balaban J connectivity index is 2.15. The zero-order valence-corrected chi connectivity index (χ0v) is 15.9. The summed E-state index contributed by atoms with van der Waals surface area (Å²) in [4.78, 5) is 13.0. The molecule has 0 saturated heterocycles. The summed E-state index contributed by atoms with van der Waals surface area (Å²) in [7, 11) is 0. The number of nitriles is 1. The van der Waals surface area contributed by atoms with Crippen LogP contribution in [-0.4, -0.2) is 5.97 Å². The summed E-state index contributed by atoms with van der Waals surface area (Å²) in [6.07, 6.45) is 8.76. The van der Waals surface area contributed by atoms with Crippen LogP contribution in [-0.2, 0) is 21.6 Å². The van der Waals surface area contributed by atoms with Crippen LogP contribution in [0.5, 0.6) is 0 Å². The molecule has 0 unspecified atom stereocenters. The van der Waals surface area contributed by atoms with Gasteiger partial charge in [0.1, 0.15) is 6.61 Å². The van der Waals surface area contributed by atoms with E-state index in [1.807, 2.05) is 66.7 Å². The fourth-order valence-electron chi connectivity index (χ4n) is 2.93. The third kappa shape index (κ3) is 5.82. The van der Waals surface area contributed by atoms with Gasteiger partial charge in [-0.1, -0.05) is 92.6 Å². The standard InChI is InChI=1S/C24H27NO2/c1-2-3-4-5-6-13-18-24(20-25,22-16-11-8-12-17-22)23(26)27-19-21-14-9-7-10-15-21/h6-17H,2-5,18-19H2,1H3/b13-6+/t24-/m0/s1. The molecule has 0 amide bonds. The van der Waals surface area contributed by atoms with E-state index in [1.165, 1.54) is 12.8 Å². The van der Waals surface area contributed by atoms with E-state index >= 15 is 0 Å². The molecule has 0 saturated carbocycles. The number of hydrogen-bond donors (Lipinski definition) is 0. The Bertz CT molecular complexity index is 762. The second-order valence-corrected chi connectivity index (χ2v) is 6.62. The Labute approximate surface area is 162 Å². The molecule has 3 nitrogen and oxygen atoms in total. The first-order chi connectivity index (χ1) is 13.2. The van der Waals surface area contributed by atoms with Gasteiger partial charge in [-0.15, -0.1) is 0 Å². The maximum atomic E-state index is 13.0. The predicted molar refractivity (Wildman–Crippen MR) is 108 cm³/mol. The van der Waals surface area contributed by atoms with Crippen LogP contribution in [0.2, 0.25) is 0 Å². The van der Waals surface area contributed by atoms with E-state index in [-0.39, 0.29) is 6.61 Å². The minimum atomic E-state index is -1.32. The van der Waals surface area contributed by atoms with Crippen molar-refractivity contribution < 1.29 is 9.53 Å². The van der Waals surface area contributed by atoms with Gasteiger partial charge in [0.05, 0.1) is 6.07 Å². The Kier molecular flexibility index (Phi) is 8.32. The predicted octanol–water partition coefficient (Wildman–Crippen LogP) is 5.72. The molecule has 27 heavy (non-hydrogen) atoms. The summed E-state index contributed by atoms with van der Waals surface area (Å²) in [6.45, 7) is 2.33. The van der Waals surface area contributed by atoms with Crippen molar-refractivity contribution in [3.63, 3.8) is 0 Å². The summed E-state index contributed by atoms with van der Waals surface area (Å²) in [5.74, 6) is -0.502. The molecule has 1 atom stereocenters. The molecule has 2 aromatic rings. The van der Waals surface area contributed by atoms with Crippen LogP contribution >= 0.6 is 0 Å². The van der Waals surface area contributed by atoms with E-state index in [4.69, 9.17) is 4.74 Å². The highest BCUT2D eigenvalue weighted by molar-refractivity contribution is 5.87. The molecule has 0 aliphatic heterocycles. The number of benzene rings is 2. The van der Waals surface area contributed by atoms with Gasteiger partial charge in [0.15, 0.2) is 5.41 Å². The van der Waals surface area contributed by atoms with E-state index in [0.717, 1.165) is 18.4 Å². The van der Waals surface area contributed by atoms with Crippen molar-refractivity contribution in [2.75, 3.05) is 0 Å². The highest BCUT2D eigenvalue weighted by atomic mass is 16.5. The summed E-state index contributed by atoms with van der Waals surface area (Å²) < 4.78 is 5.54. The lowest BCUT2D eigenvalue weighted by Crippen LogP contribution is -2.35. The molecule has 0 heterocycles. The minimum Gasteiger partial charge on any atom is -0.459 e. The maximum Gasteiger partial charge on any atom is 0.331 e. The molecule has 0 spiro atoms. The number of allylic oxidation sites excluding steroid dienone is 2. The minimum absolute atomic E-state index is 0.163. The number of hydrogen-bond acceptors (Lipinski definition) is 3. The van der Waals surface area contributed by atoms with Crippen molar-refractivity contribution >= 4 is 5.97 Å². The van der Waals surface area contributed by atoms with E-state index < -0.39 is 11.4 Å². The van der Waals surface area contributed by atoms with Gasteiger partial charge < -0.3 is 4.74 Å². The molecule has 0 radical (unpaired) electrons. The average molecular weight is 361 g/mol. The highest BCUT2D eigenvalue weighted by Crippen LogP contribution is 2.30. The molecule has 140 valence electrons. The van der Waals surface area contributed by atoms with E-state index in [9.17, 15) is 10.1 Å². The molecule has 2 rings (SSSR count). The largest absolute Gasteiger partial charge is 0.459 e. The Morgan fingerprint density at radius 1 is 1.04 bits per heavy atom. The van der Waals surface area contributed by atoms with Gasteiger partial charge in [0.2, 0.25) is 0 Å². The first-order valence-corrected chi connectivity index (χ1v) is 9.56. The molecule has 0 bridgehead atoms. The van der Waals surface area contributed by atoms with Crippen LogP contribution in [0.15, 0.2) is 72.8 Å². The smallest absolute Gasteiger partial charge is 0.331 e. The Morgan fingerprint density at radius 2 is 1.70 bits per heavy atom. The van der Waals surface area contributed by atoms with Crippen LogP contribution in [0.1, 0.15) is 50.2 Å². The lowest BCUT2D eigenvalue weighted by atomic mass is 9.78. The Hall–Kier alpha value is -2.86. The number of carbonyl (C=O) groups is 1. The summed E-state index contributed by atoms with van der Waals surface area (Å²) in [5.41, 5.74) is 0.252. The molecule has 0 aromatic heterocycles. The zero-order valence-electron chi connectivity index (χ0n) is 15.9. The molecule has 0 fully saturated rings. The lowest BCUT2D eigenvalue weighted by Gasteiger charge is -2.24. The third-order valence-corrected chi connectivity index (χ3v) is 4.58. The van der Waals surface area contributed by atoms with Crippen molar-refractivity contribution in [2.45, 2.75) is 51.0 Å². The topological polar surface area (TPSA) is 50.1 Å². The van der Waals surface area contributed by atoms with Crippen LogP contribution < -0.4 is 0 Å². The first-order valence-electron chi connectivity index (χ1n) is 9.56. The molecular weight excluding hydrogens is 334 g/mol. The molecule has 3 heteroatoms. The van der Waals surface area contributed by atoms with E-state index in [1.54, 1.807) is 0 Å². The summed E-state index contributed by atoms with van der Waals surface area (Å²) in [5, 5.41) is 9.95. The van der Waals surface area contributed by atoms with Gasteiger partial charge in [-0.25, -0.2) is 4.79 Å². The maximum absolute atomic E-state index is 13.0. The van der Waals surface area contributed by atoms with Crippen LogP contribution in [0.25, 0.3) is 0 Å². The first kappa shape index (κ1) is 20.5.